The third-order valence-corrected chi connectivity index (χ3v) is 3.71. The number of alkyl halides is 1. The van der Waals surface area contributed by atoms with Crippen LogP contribution in [0.25, 0.3) is 0 Å². The number of rotatable bonds is 3. The molecule has 0 bridgehead atoms. The van der Waals surface area contributed by atoms with Gasteiger partial charge in [-0.3, -0.25) is 4.90 Å². The summed E-state index contributed by atoms with van der Waals surface area (Å²) < 4.78 is 32.1. The summed E-state index contributed by atoms with van der Waals surface area (Å²) in [5, 5.41) is 0.764. The number of hydrogen-bond acceptors (Lipinski definition) is 2. The number of morpholine rings is 1. The van der Waals surface area contributed by atoms with Gasteiger partial charge in [0, 0.05) is 36.6 Å². The van der Waals surface area contributed by atoms with Crippen LogP contribution >= 0.6 is 15.9 Å². The number of ether oxygens (including phenoxy) is 1. The largest absolute Gasteiger partial charge is 0.372 e. The lowest BCUT2D eigenvalue weighted by atomic mass is 10.1. The van der Waals surface area contributed by atoms with E-state index in [1.54, 1.807) is 0 Å². The summed E-state index contributed by atoms with van der Waals surface area (Å²) in [6.45, 7) is 4.01. The maximum Gasteiger partial charge on any atom is 0.130 e. The summed E-state index contributed by atoms with van der Waals surface area (Å²) in [6.07, 6.45) is 0.252. The van der Waals surface area contributed by atoms with Gasteiger partial charge in [0.15, 0.2) is 0 Å². The highest BCUT2D eigenvalue weighted by atomic mass is 79.9. The van der Waals surface area contributed by atoms with Crippen LogP contribution in [0.15, 0.2) is 18.2 Å². The van der Waals surface area contributed by atoms with Crippen LogP contribution in [0, 0.1) is 11.6 Å². The van der Waals surface area contributed by atoms with Crippen LogP contribution in [0.2, 0.25) is 0 Å². The predicted molar refractivity (Wildman–Crippen MR) is 69.8 cm³/mol. The molecule has 1 heterocycles. The Balaban J connectivity index is 2.04. The van der Waals surface area contributed by atoms with E-state index in [-0.39, 0.29) is 12.2 Å². The first-order valence-electron chi connectivity index (χ1n) is 5.96. The summed E-state index contributed by atoms with van der Waals surface area (Å²) in [5.41, 5.74) is 0.527. The molecule has 2 atom stereocenters. The molecule has 1 saturated heterocycles. The zero-order valence-corrected chi connectivity index (χ0v) is 11.8. The highest BCUT2D eigenvalue weighted by Crippen LogP contribution is 2.17. The number of halogens is 3. The van der Waals surface area contributed by atoms with Crippen LogP contribution in [0.4, 0.5) is 8.78 Å². The summed E-state index contributed by atoms with van der Waals surface area (Å²) in [7, 11) is 0. The van der Waals surface area contributed by atoms with Gasteiger partial charge in [-0.15, -0.1) is 0 Å². The molecular formula is C13H16BrF2NO. The van der Waals surface area contributed by atoms with Crippen molar-refractivity contribution in [2.24, 2.45) is 0 Å². The van der Waals surface area contributed by atoms with Gasteiger partial charge in [0.05, 0.1) is 12.2 Å². The van der Waals surface area contributed by atoms with E-state index >= 15 is 0 Å². The zero-order chi connectivity index (χ0) is 13.1. The minimum Gasteiger partial charge on any atom is -0.372 e. The zero-order valence-electron chi connectivity index (χ0n) is 10.2. The number of benzene rings is 1. The van der Waals surface area contributed by atoms with Gasteiger partial charge in [-0.1, -0.05) is 22.0 Å². The van der Waals surface area contributed by atoms with Gasteiger partial charge in [-0.2, -0.15) is 0 Å². The van der Waals surface area contributed by atoms with Crippen LogP contribution in [0.1, 0.15) is 12.5 Å². The molecule has 0 aromatic heterocycles. The smallest absolute Gasteiger partial charge is 0.130 e. The number of hydrogen-bond donors (Lipinski definition) is 0. The van der Waals surface area contributed by atoms with Gasteiger partial charge >= 0.3 is 0 Å². The molecule has 2 nitrogen and oxygen atoms in total. The Morgan fingerprint density at radius 1 is 1.39 bits per heavy atom. The highest BCUT2D eigenvalue weighted by Gasteiger charge is 2.24. The molecule has 1 aliphatic heterocycles. The van der Waals surface area contributed by atoms with E-state index in [0.29, 0.717) is 12.1 Å². The van der Waals surface area contributed by atoms with E-state index in [4.69, 9.17) is 4.74 Å². The first-order chi connectivity index (χ1) is 8.58. The van der Waals surface area contributed by atoms with Crippen molar-refractivity contribution in [2.45, 2.75) is 25.7 Å². The average Bonchev–Trinajstić information content (AvgIpc) is 2.32. The molecule has 100 valence electrons. The highest BCUT2D eigenvalue weighted by molar-refractivity contribution is 9.09. The van der Waals surface area contributed by atoms with Crippen molar-refractivity contribution in [1.82, 2.24) is 4.90 Å². The lowest BCUT2D eigenvalue weighted by Crippen LogP contribution is -2.46. The average molecular weight is 320 g/mol. The lowest BCUT2D eigenvalue weighted by Gasteiger charge is -2.36. The molecule has 1 fully saturated rings. The fraction of sp³-hybridized carbons (Fsp3) is 0.538. The van der Waals surface area contributed by atoms with E-state index in [1.165, 1.54) is 12.1 Å². The topological polar surface area (TPSA) is 12.5 Å². The Hall–Kier alpha value is -0.520. The Kier molecular flexibility index (Phi) is 4.70. The monoisotopic (exact) mass is 319 g/mol. The molecule has 0 radical (unpaired) electrons. The molecule has 1 aromatic carbocycles. The third-order valence-electron chi connectivity index (χ3n) is 2.98. The summed E-state index contributed by atoms with van der Waals surface area (Å²) >= 11 is 3.40. The van der Waals surface area contributed by atoms with Crippen molar-refractivity contribution in [3.8, 4) is 0 Å². The van der Waals surface area contributed by atoms with Crippen molar-refractivity contribution in [1.29, 1.82) is 0 Å². The van der Waals surface area contributed by atoms with Gasteiger partial charge in [-0.05, 0) is 13.0 Å². The van der Waals surface area contributed by atoms with E-state index in [2.05, 4.69) is 20.8 Å². The van der Waals surface area contributed by atoms with Crippen molar-refractivity contribution < 1.29 is 13.5 Å². The van der Waals surface area contributed by atoms with Crippen molar-refractivity contribution in [3.63, 3.8) is 0 Å². The lowest BCUT2D eigenvalue weighted by molar-refractivity contribution is -0.0680. The van der Waals surface area contributed by atoms with Gasteiger partial charge in [-0.25, -0.2) is 8.78 Å². The van der Waals surface area contributed by atoms with Crippen LogP contribution in [-0.2, 0) is 11.3 Å². The molecule has 0 saturated carbocycles. The van der Waals surface area contributed by atoms with Crippen LogP contribution in [-0.4, -0.2) is 35.5 Å². The van der Waals surface area contributed by atoms with Crippen LogP contribution < -0.4 is 0 Å². The van der Waals surface area contributed by atoms with Gasteiger partial charge in [0.1, 0.15) is 11.6 Å². The first kappa shape index (κ1) is 13.9. The quantitative estimate of drug-likeness (QED) is 0.794. The maximum atomic E-state index is 13.6. The molecule has 5 heteroatoms. The normalized spacial score (nSPS) is 25.3. The molecule has 2 rings (SSSR count). The second-order valence-corrected chi connectivity index (χ2v) is 5.30. The molecule has 1 aromatic rings. The second kappa shape index (κ2) is 6.08. The van der Waals surface area contributed by atoms with E-state index in [0.717, 1.165) is 24.5 Å². The predicted octanol–water partition coefficient (Wildman–Crippen LogP) is 2.95. The molecule has 0 amide bonds. The van der Waals surface area contributed by atoms with Crippen molar-refractivity contribution in [2.75, 3.05) is 18.4 Å². The second-order valence-electron chi connectivity index (χ2n) is 4.65. The van der Waals surface area contributed by atoms with E-state index < -0.39 is 11.6 Å². The van der Waals surface area contributed by atoms with Gasteiger partial charge in [0.2, 0.25) is 0 Å². The summed E-state index contributed by atoms with van der Waals surface area (Å²) in [4.78, 5) is 2.14. The van der Waals surface area contributed by atoms with Crippen molar-refractivity contribution >= 4 is 15.9 Å². The van der Waals surface area contributed by atoms with E-state index in [1.807, 2.05) is 6.92 Å². The Labute approximate surface area is 114 Å². The van der Waals surface area contributed by atoms with Gasteiger partial charge in [0.25, 0.3) is 0 Å². The van der Waals surface area contributed by atoms with Gasteiger partial charge < -0.3 is 4.74 Å². The Morgan fingerprint density at radius 3 is 2.83 bits per heavy atom. The minimum absolute atomic E-state index is 0.122. The fourth-order valence-electron chi connectivity index (χ4n) is 2.25. The van der Waals surface area contributed by atoms with E-state index in [9.17, 15) is 8.78 Å². The van der Waals surface area contributed by atoms with Crippen LogP contribution in [0.5, 0.6) is 0 Å². The molecule has 1 aliphatic rings. The third kappa shape index (κ3) is 3.49. The summed E-state index contributed by atoms with van der Waals surface area (Å²) in [5.74, 6) is -1.02. The molecule has 0 aliphatic carbocycles. The fourth-order valence-corrected chi connectivity index (χ4v) is 2.60. The Bertz CT molecular complexity index is 416. The first-order valence-corrected chi connectivity index (χ1v) is 7.08. The molecule has 2 unspecified atom stereocenters. The maximum absolute atomic E-state index is 13.6. The van der Waals surface area contributed by atoms with Crippen molar-refractivity contribution in [3.05, 3.63) is 35.4 Å². The molecular weight excluding hydrogens is 304 g/mol. The Morgan fingerprint density at radius 2 is 2.17 bits per heavy atom. The molecule has 18 heavy (non-hydrogen) atoms. The minimum atomic E-state index is -0.537. The molecule has 0 spiro atoms. The number of nitrogens with zero attached hydrogens (tertiary/aromatic N) is 1. The standard InChI is InChI=1S/C13H16BrF2NO/c1-9-6-17(8-12(5-14)18-9)7-10-2-3-11(15)4-13(10)16/h2-4,9,12H,5-8H2,1H3. The summed E-state index contributed by atoms with van der Waals surface area (Å²) in [6, 6.07) is 3.74. The van der Waals surface area contributed by atoms with Crippen LogP contribution in [0.3, 0.4) is 0 Å². The SMILES string of the molecule is CC1CN(Cc2ccc(F)cc2F)CC(CBr)O1. The molecule has 0 N–H and O–H groups in total.